The van der Waals surface area contributed by atoms with Gasteiger partial charge in [0.15, 0.2) is 5.11 Å². The predicted molar refractivity (Wildman–Crippen MR) is 108 cm³/mol. The van der Waals surface area contributed by atoms with E-state index in [1.807, 2.05) is 66.5 Å². The van der Waals surface area contributed by atoms with Gasteiger partial charge in [0.1, 0.15) is 5.71 Å². The first-order valence-corrected chi connectivity index (χ1v) is 8.60. The minimum Gasteiger partial charge on any atom is -0.347 e. The van der Waals surface area contributed by atoms with E-state index in [1.165, 1.54) is 5.56 Å². The van der Waals surface area contributed by atoms with Crippen molar-refractivity contribution in [3.05, 3.63) is 96.1 Å². The molecule has 0 spiro atoms. The summed E-state index contributed by atoms with van der Waals surface area (Å²) in [5.74, 6) is 0. The Morgan fingerprint density at radius 2 is 1.50 bits per heavy atom. The first kappa shape index (κ1) is 17.7. The van der Waals surface area contributed by atoms with Crippen LogP contribution in [0, 0.1) is 0 Å². The molecule has 0 aliphatic heterocycles. The lowest BCUT2D eigenvalue weighted by molar-refractivity contribution is 0.491. The molecule has 0 radical (unpaired) electrons. The van der Waals surface area contributed by atoms with Gasteiger partial charge in [-0.1, -0.05) is 42.5 Å². The van der Waals surface area contributed by atoms with Gasteiger partial charge in [-0.25, -0.2) is 0 Å². The predicted octanol–water partition coefficient (Wildman–Crippen LogP) is 3.24. The number of hydrogen-bond donors (Lipinski definition) is 1. The van der Waals surface area contributed by atoms with Crippen LogP contribution in [0.25, 0.3) is 0 Å². The highest BCUT2D eigenvalue weighted by Gasteiger charge is 2.11. The smallest absolute Gasteiger partial charge is 0.189 e. The number of hydrazone groups is 1. The maximum absolute atomic E-state index is 5.46. The molecular formula is C20H19N5S. The van der Waals surface area contributed by atoms with E-state index in [1.54, 1.807) is 12.4 Å². The zero-order valence-electron chi connectivity index (χ0n) is 14.4. The number of nitrogens with one attached hydrogen (secondary N) is 1. The maximum Gasteiger partial charge on any atom is 0.189 e. The van der Waals surface area contributed by atoms with E-state index in [0.717, 1.165) is 11.4 Å². The Kier molecular flexibility index (Phi) is 6.01. The summed E-state index contributed by atoms with van der Waals surface area (Å²) in [6.07, 6.45) is 3.46. The van der Waals surface area contributed by atoms with Crippen LogP contribution in [0.3, 0.4) is 0 Å². The molecule has 0 unspecified atom stereocenters. The Balaban J connectivity index is 1.77. The number of nitrogens with zero attached hydrogens (tertiary/aromatic N) is 4. The van der Waals surface area contributed by atoms with Gasteiger partial charge in [-0.3, -0.25) is 15.4 Å². The molecule has 2 heterocycles. The van der Waals surface area contributed by atoms with E-state index < -0.39 is 0 Å². The Morgan fingerprint density at radius 3 is 2.04 bits per heavy atom. The lowest BCUT2D eigenvalue weighted by Crippen LogP contribution is -2.34. The lowest BCUT2D eigenvalue weighted by Gasteiger charge is -2.19. The van der Waals surface area contributed by atoms with Crippen molar-refractivity contribution < 1.29 is 0 Å². The molecule has 3 rings (SSSR count). The fourth-order valence-corrected chi connectivity index (χ4v) is 2.48. The van der Waals surface area contributed by atoms with Crippen LogP contribution in [0.1, 0.15) is 17.0 Å². The zero-order valence-corrected chi connectivity index (χ0v) is 15.2. The van der Waals surface area contributed by atoms with Crippen LogP contribution in [0.15, 0.2) is 84.2 Å². The topological polar surface area (TPSA) is 53.4 Å². The third kappa shape index (κ3) is 4.70. The molecule has 6 heteroatoms. The molecule has 130 valence electrons. The van der Waals surface area contributed by atoms with Crippen molar-refractivity contribution in [3.8, 4) is 0 Å². The molecule has 26 heavy (non-hydrogen) atoms. The Morgan fingerprint density at radius 1 is 0.923 bits per heavy atom. The SMILES string of the molecule is CN(Cc1ccccc1)C(=S)NN=C(c1ccccn1)c1ccccn1. The third-order valence-corrected chi connectivity index (χ3v) is 4.09. The van der Waals surface area contributed by atoms with Gasteiger partial charge >= 0.3 is 0 Å². The molecule has 0 atom stereocenters. The lowest BCUT2D eigenvalue weighted by atomic mass is 10.1. The van der Waals surface area contributed by atoms with Crippen LogP contribution in [-0.2, 0) is 6.54 Å². The molecule has 0 amide bonds. The normalized spacial score (nSPS) is 10.0. The van der Waals surface area contributed by atoms with Crippen LogP contribution in [0.5, 0.6) is 0 Å². The van der Waals surface area contributed by atoms with Crippen molar-refractivity contribution in [3.63, 3.8) is 0 Å². The number of aromatic nitrogens is 2. The van der Waals surface area contributed by atoms with E-state index in [2.05, 4.69) is 32.6 Å². The Labute approximate surface area is 158 Å². The minimum atomic E-state index is 0.526. The highest BCUT2D eigenvalue weighted by molar-refractivity contribution is 7.80. The number of pyridine rings is 2. The molecule has 0 fully saturated rings. The van der Waals surface area contributed by atoms with Crippen molar-refractivity contribution in [2.24, 2.45) is 5.10 Å². The minimum absolute atomic E-state index is 0.526. The summed E-state index contributed by atoms with van der Waals surface area (Å²) in [6.45, 7) is 0.699. The number of hydrogen-bond acceptors (Lipinski definition) is 4. The Hall–Kier alpha value is -3.12. The summed E-state index contributed by atoms with van der Waals surface area (Å²) in [6, 6.07) is 21.5. The summed E-state index contributed by atoms with van der Waals surface area (Å²) < 4.78 is 0. The fraction of sp³-hybridized carbons (Fsp3) is 0.100. The number of rotatable bonds is 5. The fourth-order valence-electron chi connectivity index (χ4n) is 2.37. The summed E-state index contributed by atoms with van der Waals surface area (Å²) in [4.78, 5) is 10.7. The second-order valence-corrected chi connectivity index (χ2v) is 6.04. The summed E-state index contributed by atoms with van der Waals surface area (Å²) in [7, 11) is 1.93. The van der Waals surface area contributed by atoms with Crippen molar-refractivity contribution in [2.75, 3.05) is 7.05 Å². The van der Waals surface area contributed by atoms with Gasteiger partial charge < -0.3 is 4.90 Å². The summed E-state index contributed by atoms with van der Waals surface area (Å²) in [5, 5.41) is 5.01. The quantitative estimate of drug-likeness (QED) is 0.430. The monoisotopic (exact) mass is 361 g/mol. The summed E-state index contributed by atoms with van der Waals surface area (Å²) in [5.41, 5.74) is 6.24. The second kappa shape index (κ2) is 8.82. The van der Waals surface area contributed by atoms with Gasteiger partial charge in [-0.15, -0.1) is 0 Å². The van der Waals surface area contributed by atoms with Crippen molar-refractivity contribution in [1.82, 2.24) is 20.3 Å². The highest BCUT2D eigenvalue weighted by atomic mass is 32.1. The van der Waals surface area contributed by atoms with E-state index in [0.29, 0.717) is 17.4 Å². The average molecular weight is 361 g/mol. The molecule has 1 N–H and O–H groups in total. The van der Waals surface area contributed by atoms with Gasteiger partial charge in [0.25, 0.3) is 0 Å². The van der Waals surface area contributed by atoms with Crippen LogP contribution < -0.4 is 5.43 Å². The molecule has 0 aliphatic rings. The molecule has 0 saturated carbocycles. The third-order valence-electron chi connectivity index (χ3n) is 3.69. The highest BCUT2D eigenvalue weighted by Crippen LogP contribution is 2.06. The van der Waals surface area contributed by atoms with Crippen LogP contribution >= 0.6 is 12.2 Å². The molecular weight excluding hydrogens is 342 g/mol. The molecule has 3 aromatic rings. The standard InChI is InChI=1S/C20H19N5S/c1-25(15-16-9-3-2-4-10-16)20(26)24-23-19(17-11-5-7-13-21-17)18-12-6-8-14-22-18/h2-14H,15H2,1H3,(H,24,26). The average Bonchev–Trinajstić information content (AvgIpc) is 2.70. The Bertz CT molecular complexity index is 825. The second-order valence-electron chi connectivity index (χ2n) is 5.65. The zero-order chi connectivity index (χ0) is 18.2. The van der Waals surface area contributed by atoms with Crippen LogP contribution in [0.2, 0.25) is 0 Å². The largest absolute Gasteiger partial charge is 0.347 e. The molecule has 1 aromatic carbocycles. The van der Waals surface area contributed by atoms with E-state index >= 15 is 0 Å². The van der Waals surface area contributed by atoms with E-state index in [4.69, 9.17) is 12.2 Å². The van der Waals surface area contributed by atoms with Gasteiger partial charge in [0.05, 0.1) is 11.4 Å². The van der Waals surface area contributed by atoms with Crippen molar-refractivity contribution in [2.45, 2.75) is 6.54 Å². The van der Waals surface area contributed by atoms with Crippen molar-refractivity contribution in [1.29, 1.82) is 0 Å². The van der Waals surface area contributed by atoms with Crippen LogP contribution in [-0.4, -0.2) is 32.7 Å². The molecule has 0 bridgehead atoms. The maximum atomic E-state index is 5.46. The van der Waals surface area contributed by atoms with E-state index in [9.17, 15) is 0 Å². The first-order valence-electron chi connectivity index (χ1n) is 8.19. The van der Waals surface area contributed by atoms with Gasteiger partial charge in [0.2, 0.25) is 0 Å². The molecule has 0 aliphatic carbocycles. The number of benzene rings is 1. The number of thiocarbonyl (C=S) groups is 1. The first-order chi connectivity index (χ1) is 12.7. The van der Waals surface area contributed by atoms with Crippen molar-refractivity contribution >= 4 is 23.0 Å². The molecule has 2 aromatic heterocycles. The van der Waals surface area contributed by atoms with E-state index in [-0.39, 0.29) is 0 Å². The van der Waals surface area contributed by atoms with Gasteiger partial charge in [-0.05, 0) is 42.0 Å². The molecule has 0 saturated heterocycles. The summed E-state index contributed by atoms with van der Waals surface area (Å²) >= 11 is 5.46. The van der Waals surface area contributed by atoms with Gasteiger partial charge in [0, 0.05) is 26.0 Å². The molecule has 5 nitrogen and oxygen atoms in total. The van der Waals surface area contributed by atoms with Gasteiger partial charge in [-0.2, -0.15) is 5.10 Å². The van der Waals surface area contributed by atoms with Crippen LogP contribution in [0.4, 0.5) is 0 Å².